The van der Waals surface area contributed by atoms with E-state index in [4.69, 9.17) is 10.1 Å². The lowest BCUT2D eigenvalue weighted by molar-refractivity contribution is 0.0945. The molecular formula is C23H24N6O2. The maximum atomic E-state index is 12.0. The van der Waals surface area contributed by atoms with Crippen molar-refractivity contribution >= 4 is 28.4 Å². The van der Waals surface area contributed by atoms with Crippen molar-refractivity contribution in [1.82, 2.24) is 24.8 Å². The molecule has 4 rings (SSSR count). The minimum Gasteiger partial charge on any atom is -0.395 e. The van der Waals surface area contributed by atoms with Gasteiger partial charge < -0.3 is 20.3 Å². The zero-order chi connectivity index (χ0) is 21.8. The summed E-state index contributed by atoms with van der Waals surface area (Å²) >= 11 is 0. The number of nitrogens with zero attached hydrogens (tertiary/aromatic N) is 4. The van der Waals surface area contributed by atoms with Gasteiger partial charge in [-0.25, -0.2) is 9.97 Å². The number of carbonyl (C=O) groups excluding carboxylic acids is 1. The maximum absolute atomic E-state index is 12.0. The zero-order valence-electron chi connectivity index (χ0n) is 17.4. The second-order valence-corrected chi connectivity index (χ2v) is 7.38. The summed E-state index contributed by atoms with van der Waals surface area (Å²) in [6.45, 7) is 4.40. The SMILES string of the molecule is CC(C)n1cc(-c2ccnc(Nc3ccc(C(=O)NCCO)cc3)n2)c2ccncc21. The van der Waals surface area contributed by atoms with Crippen LogP contribution in [0.2, 0.25) is 0 Å². The number of fused-ring (bicyclic) bond motifs is 1. The lowest BCUT2D eigenvalue weighted by atomic mass is 10.1. The topological polar surface area (TPSA) is 105 Å². The van der Waals surface area contributed by atoms with E-state index in [9.17, 15) is 4.79 Å². The van der Waals surface area contributed by atoms with Crippen molar-refractivity contribution in [2.75, 3.05) is 18.5 Å². The van der Waals surface area contributed by atoms with Crippen molar-refractivity contribution in [3.63, 3.8) is 0 Å². The van der Waals surface area contributed by atoms with Crippen molar-refractivity contribution in [2.24, 2.45) is 0 Å². The van der Waals surface area contributed by atoms with E-state index in [1.165, 1.54) is 0 Å². The fourth-order valence-electron chi connectivity index (χ4n) is 3.40. The molecule has 0 aliphatic rings. The van der Waals surface area contributed by atoms with Gasteiger partial charge in [0.2, 0.25) is 5.95 Å². The number of aliphatic hydroxyl groups is 1. The third-order valence-electron chi connectivity index (χ3n) is 4.93. The molecule has 3 aromatic heterocycles. The van der Waals surface area contributed by atoms with Gasteiger partial charge in [-0.15, -0.1) is 0 Å². The lowest BCUT2D eigenvalue weighted by Gasteiger charge is -2.08. The fraction of sp³-hybridized carbons (Fsp3) is 0.217. The highest BCUT2D eigenvalue weighted by Gasteiger charge is 2.14. The van der Waals surface area contributed by atoms with Gasteiger partial charge in [0.15, 0.2) is 0 Å². The molecule has 0 atom stereocenters. The van der Waals surface area contributed by atoms with E-state index in [0.29, 0.717) is 17.6 Å². The number of anilines is 2. The van der Waals surface area contributed by atoms with Gasteiger partial charge in [0, 0.05) is 53.4 Å². The summed E-state index contributed by atoms with van der Waals surface area (Å²) in [4.78, 5) is 25.3. The molecule has 1 aromatic carbocycles. The lowest BCUT2D eigenvalue weighted by Crippen LogP contribution is -2.26. The number of aromatic nitrogens is 4. The molecule has 0 aliphatic heterocycles. The third-order valence-corrected chi connectivity index (χ3v) is 4.93. The number of hydrogen-bond donors (Lipinski definition) is 3. The van der Waals surface area contributed by atoms with Crippen LogP contribution in [0.25, 0.3) is 22.2 Å². The van der Waals surface area contributed by atoms with Gasteiger partial charge in [0.25, 0.3) is 5.91 Å². The smallest absolute Gasteiger partial charge is 0.251 e. The van der Waals surface area contributed by atoms with Gasteiger partial charge in [-0.05, 0) is 50.2 Å². The third kappa shape index (κ3) is 4.39. The zero-order valence-corrected chi connectivity index (χ0v) is 17.4. The van der Waals surface area contributed by atoms with Crippen LogP contribution in [0, 0.1) is 0 Å². The first-order valence-corrected chi connectivity index (χ1v) is 10.1. The average molecular weight is 416 g/mol. The Hall–Kier alpha value is -3.78. The summed E-state index contributed by atoms with van der Waals surface area (Å²) in [5.74, 6) is 0.240. The highest BCUT2D eigenvalue weighted by Crippen LogP contribution is 2.31. The largest absolute Gasteiger partial charge is 0.395 e. The Balaban J connectivity index is 1.59. The summed E-state index contributed by atoms with van der Waals surface area (Å²) in [5, 5.41) is 15.7. The standard InChI is InChI=1S/C23H24N6O2/c1-15(2)29-14-19(18-7-9-24-13-21(18)29)20-8-10-26-23(28-20)27-17-5-3-16(4-6-17)22(31)25-11-12-30/h3-10,13-15,30H,11-12H2,1-2H3,(H,25,31)(H,26,27,28). The molecule has 0 fully saturated rings. The number of hydrogen-bond acceptors (Lipinski definition) is 6. The first kappa shape index (κ1) is 20.5. The predicted molar refractivity (Wildman–Crippen MR) is 120 cm³/mol. The van der Waals surface area contributed by atoms with Gasteiger partial charge in [0.05, 0.1) is 24.0 Å². The summed E-state index contributed by atoms with van der Waals surface area (Å²) in [7, 11) is 0. The molecule has 3 heterocycles. The minimum atomic E-state index is -0.227. The Morgan fingerprint density at radius 2 is 1.94 bits per heavy atom. The van der Waals surface area contributed by atoms with E-state index in [1.807, 2.05) is 18.3 Å². The number of aliphatic hydroxyl groups excluding tert-OH is 1. The van der Waals surface area contributed by atoms with Crippen molar-refractivity contribution in [1.29, 1.82) is 0 Å². The number of rotatable bonds is 7. The molecule has 0 saturated carbocycles. The van der Waals surface area contributed by atoms with Crippen LogP contribution in [0.5, 0.6) is 0 Å². The fourth-order valence-corrected chi connectivity index (χ4v) is 3.40. The van der Waals surface area contributed by atoms with Crippen LogP contribution in [0.3, 0.4) is 0 Å². The molecule has 0 saturated heterocycles. The number of carbonyl (C=O) groups is 1. The Bertz CT molecular complexity index is 1200. The van der Waals surface area contributed by atoms with Crippen LogP contribution in [-0.2, 0) is 0 Å². The number of amides is 1. The Kier molecular flexibility index (Phi) is 5.90. The molecule has 0 aliphatic carbocycles. The molecule has 0 unspecified atom stereocenters. The maximum Gasteiger partial charge on any atom is 0.251 e. The van der Waals surface area contributed by atoms with Gasteiger partial charge in [-0.1, -0.05) is 0 Å². The van der Waals surface area contributed by atoms with Crippen LogP contribution in [-0.4, -0.2) is 43.7 Å². The Morgan fingerprint density at radius 1 is 1.13 bits per heavy atom. The predicted octanol–water partition coefficient (Wildman–Crippen LogP) is 3.54. The number of benzene rings is 1. The molecule has 4 aromatic rings. The van der Waals surface area contributed by atoms with Crippen LogP contribution < -0.4 is 10.6 Å². The summed E-state index contributed by atoms with van der Waals surface area (Å²) in [6, 6.07) is 11.2. The summed E-state index contributed by atoms with van der Waals surface area (Å²) in [6.07, 6.45) is 7.48. The first-order valence-electron chi connectivity index (χ1n) is 10.1. The monoisotopic (exact) mass is 416 g/mol. The highest BCUT2D eigenvalue weighted by atomic mass is 16.3. The van der Waals surface area contributed by atoms with Crippen LogP contribution in [0.1, 0.15) is 30.2 Å². The van der Waals surface area contributed by atoms with Gasteiger partial charge in [-0.2, -0.15) is 0 Å². The molecule has 8 heteroatoms. The second-order valence-electron chi connectivity index (χ2n) is 7.38. The highest BCUT2D eigenvalue weighted by molar-refractivity contribution is 5.95. The van der Waals surface area contributed by atoms with Crippen molar-refractivity contribution < 1.29 is 9.90 Å². The van der Waals surface area contributed by atoms with E-state index in [1.54, 1.807) is 36.7 Å². The first-order chi connectivity index (χ1) is 15.1. The Labute approximate surface area is 180 Å². The molecule has 31 heavy (non-hydrogen) atoms. The van der Waals surface area contributed by atoms with E-state index >= 15 is 0 Å². The number of nitrogens with one attached hydrogen (secondary N) is 2. The van der Waals surface area contributed by atoms with Gasteiger partial charge in [0.1, 0.15) is 0 Å². The van der Waals surface area contributed by atoms with Gasteiger partial charge >= 0.3 is 0 Å². The molecule has 158 valence electrons. The Morgan fingerprint density at radius 3 is 2.68 bits per heavy atom. The minimum absolute atomic E-state index is 0.0919. The molecular weight excluding hydrogens is 392 g/mol. The van der Waals surface area contributed by atoms with Crippen LogP contribution in [0.4, 0.5) is 11.6 Å². The van der Waals surface area contributed by atoms with Crippen LogP contribution >= 0.6 is 0 Å². The van der Waals surface area contributed by atoms with E-state index in [2.05, 4.69) is 45.2 Å². The normalized spacial score (nSPS) is 11.1. The quantitative estimate of drug-likeness (QED) is 0.426. The van der Waals surface area contributed by atoms with E-state index in [-0.39, 0.29) is 19.1 Å². The van der Waals surface area contributed by atoms with Crippen LogP contribution in [0.15, 0.2) is 61.2 Å². The second kappa shape index (κ2) is 8.93. The molecule has 1 amide bonds. The summed E-state index contributed by atoms with van der Waals surface area (Å²) in [5.41, 5.74) is 4.18. The molecule has 0 spiro atoms. The van der Waals surface area contributed by atoms with Crippen molar-refractivity contribution in [3.8, 4) is 11.3 Å². The van der Waals surface area contributed by atoms with Crippen molar-refractivity contribution in [3.05, 3.63) is 66.7 Å². The van der Waals surface area contributed by atoms with Gasteiger partial charge in [-0.3, -0.25) is 9.78 Å². The number of pyridine rings is 1. The van der Waals surface area contributed by atoms with E-state index < -0.39 is 0 Å². The summed E-state index contributed by atoms with van der Waals surface area (Å²) < 4.78 is 2.19. The van der Waals surface area contributed by atoms with Crippen molar-refractivity contribution in [2.45, 2.75) is 19.9 Å². The van der Waals surface area contributed by atoms with E-state index in [0.717, 1.165) is 27.8 Å². The molecule has 8 nitrogen and oxygen atoms in total. The molecule has 0 radical (unpaired) electrons. The average Bonchev–Trinajstić information content (AvgIpc) is 3.18. The molecule has 0 bridgehead atoms. The molecule has 3 N–H and O–H groups in total.